The number of aryl methyl sites for hydroxylation is 1. The van der Waals surface area contributed by atoms with Crippen molar-refractivity contribution in [2.45, 2.75) is 6.92 Å². The van der Waals surface area contributed by atoms with Gasteiger partial charge in [-0.1, -0.05) is 18.2 Å². The molecular weight excluding hydrogens is 298 g/mol. The van der Waals surface area contributed by atoms with Gasteiger partial charge in [0.1, 0.15) is 5.82 Å². The number of carbonyl (C=O) groups excluding carboxylic acids is 3. The van der Waals surface area contributed by atoms with E-state index in [4.69, 9.17) is 0 Å². The van der Waals surface area contributed by atoms with Crippen LogP contribution >= 0.6 is 0 Å². The van der Waals surface area contributed by atoms with Gasteiger partial charge in [-0.3, -0.25) is 9.59 Å². The van der Waals surface area contributed by atoms with E-state index in [1.54, 1.807) is 37.3 Å². The Morgan fingerprint density at radius 3 is 2.35 bits per heavy atom. The minimum atomic E-state index is -0.912. The summed E-state index contributed by atoms with van der Waals surface area (Å²) < 4.78 is 4.63. The van der Waals surface area contributed by atoms with E-state index in [0.29, 0.717) is 5.69 Å². The highest BCUT2D eigenvalue weighted by molar-refractivity contribution is 6.43. The number of ether oxygens (including phenoxy) is 1. The van der Waals surface area contributed by atoms with E-state index in [1.807, 2.05) is 0 Å². The number of carbonyl (C=O) groups is 3. The third-order valence-corrected chi connectivity index (χ3v) is 2.92. The Kier molecular flexibility index (Phi) is 5.03. The van der Waals surface area contributed by atoms with Gasteiger partial charge in [0.2, 0.25) is 0 Å². The van der Waals surface area contributed by atoms with Gasteiger partial charge < -0.3 is 15.4 Å². The van der Waals surface area contributed by atoms with Gasteiger partial charge in [0, 0.05) is 5.69 Å². The van der Waals surface area contributed by atoms with Crippen molar-refractivity contribution in [2.75, 3.05) is 17.7 Å². The summed E-state index contributed by atoms with van der Waals surface area (Å²) in [7, 11) is 1.23. The lowest BCUT2D eigenvalue weighted by atomic mass is 10.2. The number of rotatable bonds is 3. The van der Waals surface area contributed by atoms with Crippen LogP contribution < -0.4 is 10.6 Å². The first-order valence-electron chi connectivity index (χ1n) is 6.74. The number of hydrogen-bond donors (Lipinski definition) is 2. The molecule has 0 spiro atoms. The summed E-state index contributed by atoms with van der Waals surface area (Å²) in [5, 5.41) is 4.77. The molecule has 2 amide bonds. The number of methoxy groups -OCH3 is 1. The maximum absolute atomic E-state index is 12.0. The van der Waals surface area contributed by atoms with Crippen molar-refractivity contribution in [1.29, 1.82) is 0 Å². The van der Waals surface area contributed by atoms with Crippen LogP contribution in [0, 0.1) is 6.92 Å². The summed E-state index contributed by atoms with van der Waals surface area (Å²) in [6.07, 6.45) is 0. The number of benzene rings is 1. The Bertz CT molecular complexity index is 758. The fourth-order valence-electron chi connectivity index (χ4n) is 1.84. The second kappa shape index (κ2) is 7.17. The predicted molar refractivity (Wildman–Crippen MR) is 84.0 cm³/mol. The van der Waals surface area contributed by atoms with Crippen molar-refractivity contribution in [1.82, 2.24) is 4.98 Å². The minimum absolute atomic E-state index is 0.157. The van der Waals surface area contributed by atoms with Gasteiger partial charge in [0.25, 0.3) is 0 Å². The molecule has 0 radical (unpaired) electrons. The summed E-state index contributed by atoms with van der Waals surface area (Å²) in [6.45, 7) is 1.77. The molecule has 0 fully saturated rings. The topological polar surface area (TPSA) is 97.4 Å². The molecule has 0 unspecified atom stereocenters. The van der Waals surface area contributed by atoms with Crippen LogP contribution in [0.25, 0.3) is 0 Å². The van der Waals surface area contributed by atoms with Crippen molar-refractivity contribution in [3.05, 3.63) is 53.7 Å². The van der Waals surface area contributed by atoms with E-state index in [0.717, 1.165) is 0 Å². The molecule has 2 rings (SSSR count). The molecule has 0 bridgehead atoms. The Hall–Kier alpha value is -3.22. The van der Waals surface area contributed by atoms with Gasteiger partial charge in [0.15, 0.2) is 0 Å². The smallest absolute Gasteiger partial charge is 0.339 e. The first-order chi connectivity index (χ1) is 11.0. The second-order valence-corrected chi connectivity index (χ2v) is 4.61. The average Bonchev–Trinajstić information content (AvgIpc) is 2.54. The molecule has 0 aliphatic heterocycles. The minimum Gasteiger partial charge on any atom is -0.465 e. The van der Waals surface area contributed by atoms with Crippen molar-refractivity contribution < 1.29 is 19.1 Å². The van der Waals surface area contributed by atoms with Crippen molar-refractivity contribution >= 4 is 29.3 Å². The highest BCUT2D eigenvalue weighted by Gasteiger charge is 2.18. The number of aromatic nitrogens is 1. The molecule has 0 aliphatic rings. The lowest BCUT2D eigenvalue weighted by molar-refractivity contribution is -0.133. The van der Waals surface area contributed by atoms with Crippen LogP contribution in [0.2, 0.25) is 0 Å². The van der Waals surface area contributed by atoms with Crippen LogP contribution in [0.15, 0.2) is 42.5 Å². The largest absolute Gasteiger partial charge is 0.465 e. The summed E-state index contributed by atoms with van der Waals surface area (Å²) >= 11 is 0. The predicted octanol–water partition coefficient (Wildman–Crippen LogP) is 1.75. The molecule has 0 saturated carbocycles. The molecule has 118 valence electrons. The van der Waals surface area contributed by atoms with E-state index in [1.165, 1.54) is 19.2 Å². The van der Waals surface area contributed by atoms with Gasteiger partial charge >= 0.3 is 17.8 Å². The first kappa shape index (κ1) is 16.2. The van der Waals surface area contributed by atoms with E-state index < -0.39 is 17.8 Å². The molecular formula is C16H15N3O4. The molecule has 1 aromatic carbocycles. The van der Waals surface area contributed by atoms with Crippen molar-refractivity contribution in [3.8, 4) is 0 Å². The highest BCUT2D eigenvalue weighted by Crippen LogP contribution is 2.16. The van der Waals surface area contributed by atoms with Gasteiger partial charge in [0.05, 0.1) is 18.4 Å². The number of esters is 1. The molecule has 7 heteroatoms. The zero-order valence-electron chi connectivity index (χ0n) is 12.6. The van der Waals surface area contributed by atoms with Crippen LogP contribution in [0.3, 0.4) is 0 Å². The van der Waals surface area contributed by atoms with Gasteiger partial charge in [-0.2, -0.15) is 0 Å². The Labute approximate surface area is 132 Å². The number of hydrogen-bond acceptors (Lipinski definition) is 5. The lowest BCUT2D eigenvalue weighted by Crippen LogP contribution is -2.30. The number of nitrogens with one attached hydrogen (secondary N) is 2. The Balaban J connectivity index is 2.10. The van der Waals surface area contributed by atoms with Crippen LogP contribution in [0.4, 0.5) is 11.5 Å². The molecule has 2 N–H and O–H groups in total. The van der Waals surface area contributed by atoms with Crippen molar-refractivity contribution in [3.63, 3.8) is 0 Å². The molecule has 1 heterocycles. The zero-order valence-corrected chi connectivity index (χ0v) is 12.6. The quantitative estimate of drug-likeness (QED) is 0.664. The number of amides is 2. The average molecular weight is 313 g/mol. The Morgan fingerprint density at radius 2 is 1.65 bits per heavy atom. The van der Waals surface area contributed by atoms with Gasteiger partial charge in [-0.25, -0.2) is 9.78 Å². The third-order valence-electron chi connectivity index (χ3n) is 2.92. The summed E-state index contributed by atoms with van der Waals surface area (Å²) in [6, 6.07) is 11.3. The number of para-hydroxylation sites is 1. The summed E-state index contributed by atoms with van der Waals surface area (Å²) in [5.41, 5.74) is 1.06. The van der Waals surface area contributed by atoms with Crippen LogP contribution in [-0.2, 0) is 14.3 Å². The fraction of sp³-hybridized carbons (Fsp3) is 0.125. The highest BCUT2D eigenvalue weighted by atomic mass is 16.5. The molecule has 23 heavy (non-hydrogen) atoms. The van der Waals surface area contributed by atoms with Gasteiger partial charge in [-0.15, -0.1) is 0 Å². The van der Waals surface area contributed by atoms with Crippen molar-refractivity contribution in [2.24, 2.45) is 0 Å². The maximum Gasteiger partial charge on any atom is 0.339 e. The first-order valence-corrected chi connectivity index (χ1v) is 6.74. The molecule has 0 aliphatic carbocycles. The second-order valence-electron chi connectivity index (χ2n) is 4.61. The molecule has 2 aromatic rings. The van der Waals surface area contributed by atoms with E-state index >= 15 is 0 Å². The van der Waals surface area contributed by atoms with Crippen LogP contribution in [-0.4, -0.2) is 29.9 Å². The van der Waals surface area contributed by atoms with Crippen LogP contribution in [0.5, 0.6) is 0 Å². The van der Waals surface area contributed by atoms with Crippen LogP contribution in [0.1, 0.15) is 16.1 Å². The molecule has 1 aromatic heterocycles. The van der Waals surface area contributed by atoms with Gasteiger partial charge in [-0.05, 0) is 31.2 Å². The molecule has 0 atom stereocenters. The number of pyridine rings is 1. The number of nitrogens with zero attached hydrogens (tertiary/aromatic N) is 1. The third kappa shape index (κ3) is 4.13. The van der Waals surface area contributed by atoms with E-state index in [-0.39, 0.29) is 17.1 Å². The summed E-state index contributed by atoms with van der Waals surface area (Å²) in [4.78, 5) is 39.6. The number of anilines is 2. The molecule has 0 saturated heterocycles. The standard InChI is InChI=1S/C16H15N3O4/c1-10-6-5-9-13(17-10)19-15(21)14(20)18-12-8-4-3-7-11(12)16(22)23-2/h3-9H,1-2H3,(H,18,20)(H,17,19,21). The molecule has 7 nitrogen and oxygen atoms in total. The lowest BCUT2D eigenvalue weighted by Gasteiger charge is -2.09. The zero-order chi connectivity index (χ0) is 16.8. The van der Waals surface area contributed by atoms with E-state index in [9.17, 15) is 14.4 Å². The Morgan fingerprint density at radius 1 is 0.957 bits per heavy atom. The summed E-state index contributed by atoms with van der Waals surface area (Å²) in [5.74, 6) is -2.14. The maximum atomic E-state index is 12.0. The van der Waals surface area contributed by atoms with E-state index in [2.05, 4.69) is 20.4 Å². The fourth-order valence-corrected chi connectivity index (χ4v) is 1.84. The normalized spacial score (nSPS) is 9.83. The monoisotopic (exact) mass is 313 g/mol. The SMILES string of the molecule is COC(=O)c1ccccc1NC(=O)C(=O)Nc1cccc(C)n1.